The van der Waals surface area contributed by atoms with Crippen LogP contribution in [0.4, 0.5) is 4.39 Å². The van der Waals surface area contributed by atoms with Crippen molar-refractivity contribution in [3.05, 3.63) is 53.6 Å². The Hall–Kier alpha value is -2.63. The number of carbonyl (C=O) groups excluding carboxylic acids is 1. The minimum Gasteiger partial charge on any atom is -0.496 e. The van der Waals surface area contributed by atoms with Crippen molar-refractivity contribution >= 4 is 5.91 Å². The first kappa shape index (κ1) is 14.8. The van der Waals surface area contributed by atoms with Crippen molar-refractivity contribution < 1.29 is 18.7 Å². The Kier molecular flexibility index (Phi) is 4.71. The molecule has 0 aliphatic carbocycles. The Bertz CT molecular complexity index is 624. The molecule has 0 saturated carbocycles. The van der Waals surface area contributed by atoms with E-state index in [-0.39, 0.29) is 17.8 Å². The van der Waals surface area contributed by atoms with Gasteiger partial charge in [0.15, 0.2) is 0 Å². The van der Waals surface area contributed by atoms with Crippen molar-refractivity contribution in [2.24, 2.45) is 0 Å². The Labute approximate surface area is 121 Å². The molecule has 1 amide bonds. The lowest BCUT2D eigenvalue weighted by Crippen LogP contribution is -2.25. The molecule has 0 bridgehead atoms. The second-order valence-corrected chi connectivity index (χ2v) is 4.15. The second-order valence-electron chi connectivity index (χ2n) is 4.15. The molecular formula is C15H15FN2O3. The standard InChI is InChI=1S/C15H15FN2O3/c1-20-12-6-3-7-13(21-2)14(12)15(19)18-9-11-10(16)5-4-8-17-11/h3-8H,9H2,1-2H3,(H,18,19). The Morgan fingerprint density at radius 2 is 1.86 bits per heavy atom. The number of rotatable bonds is 5. The number of nitrogens with one attached hydrogen (secondary N) is 1. The highest BCUT2D eigenvalue weighted by Gasteiger charge is 2.18. The van der Waals surface area contributed by atoms with E-state index in [1.165, 1.54) is 32.5 Å². The number of methoxy groups -OCH3 is 2. The summed E-state index contributed by atoms with van der Waals surface area (Å²) in [6, 6.07) is 7.80. The molecule has 21 heavy (non-hydrogen) atoms. The van der Waals surface area contributed by atoms with Gasteiger partial charge in [-0.2, -0.15) is 0 Å². The topological polar surface area (TPSA) is 60.5 Å². The minimum absolute atomic E-state index is 0.0211. The van der Waals surface area contributed by atoms with Crippen LogP contribution < -0.4 is 14.8 Å². The highest BCUT2D eigenvalue weighted by Crippen LogP contribution is 2.27. The summed E-state index contributed by atoms with van der Waals surface area (Å²) in [5.41, 5.74) is 0.429. The number of aromatic nitrogens is 1. The molecule has 1 N–H and O–H groups in total. The summed E-state index contributed by atoms with van der Waals surface area (Å²) in [5.74, 6) is -0.124. The first-order valence-electron chi connectivity index (χ1n) is 6.26. The fourth-order valence-corrected chi connectivity index (χ4v) is 1.88. The maximum atomic E-state index is 13.5. The van der Waals surface area contributed by atoms with Gasteiger partial charge in [-0.1, -0.05) is 6.07 Å². The van der Waals surface area contributed by atoms with Crippen molar-refractivity contribution in [2.75, 3.05) is 14.2 Å². The van der Waals surface area contributed by atoms with Gasteiger partial charge in [0, 0.05) is 6.20 Å². The summed E-state index contributed by atoms with van der Waals surface area (Å²) >= 11 is 0. The quantitative estimate of drug-likeness (QED) is 0.916. The van der Waals surface area contributed by atoms with Gasteiger partial charge in [0.2, 0.25) is 0 Å². The van der Waals surface area contributed by atoms with Gasteiger partial charge >= 0.3 is 0 Å². The Morgan fingerprint density at radius 3 is 2.43 bits per heavy atom. The van der Waals surface area contributed by atoms with Gasteiger partial charge < -0.3 is 14.8 Å². The highest BCUT2D eigenvalue weighted by atomic mass is 19.1. The van der Waals surface area contributed by atoms with Crippen LogP contribution in [-0.2, 0) is 6.54 Å². The maximum Gasteiger partial charge on any atom is 0.259 e. The van der Waals surface area contributed by atoms with Crippen LogP contribution in [0.2, 0.25) is 0 Å². The molecule has 0 atom stereocenters. The third kappa shape index (κ3) is 3.28. The average molecular weight is 290 g/mol. The van der Waals surface area contributed by atoms with E-state index >= 15 is 0 Å². The summed E-state index contributed by atoms with van der Waals surface area (Å²) in [7, 11) is 2.92. The summed E-state index contributed by atoms with van der Waals surface area (Å²) in [5, 5.41) is 2.60. The molecule has 1 aromatic carbocycles. The van der Waals surface area contributed by atoms with Gasteiger partial charge in [-0.15, -0.1) is 0 Å². The van der Waals surface area contributed by atoms with Crippen molar-refractivity contribution in [1.29, 1.82) is 0 Å². The first-order valence-corrected chi connectivity index (χ1v) is 6.26. The summed E-state index contributed by atoms with van der Waals surface area (Å²) in [6.45, 7) is -0.0211. The van der Waals surface area contributed by atoms with Gasteiger partial charge in [-0.05, 0) is 24.3 Å². The predicted octanol–water partition coefficient (Wildman–Crippen LogP) is 2.17. The van der Waals surface area contributed by atoms with E-state index in [0.29, 0.717) is 11.5 Å². The zero-order valence-electron chi connectivity index (χ0n) is 11.7. The lowest BCUT2D eigenvalue weighted by molar-refractivity contribution is 0.0944. The largest absolute Gasteiger partial charge is 0.496 e. The van der Waals surface area contributed by atoms with E-state index in [1.807, 2.05) is 0 Å². The van der Waals surface area contributed by atoms with Gasteiger partial charge in [0.25, 0.3) is 5.91 Å². The zero-order chi connectivity index (χ0) is 15.2. The molecule has 2 rings (SSSR count). The number of ether oxygens (including phenoxy) is 2. The predicted molar refractivity (Wildman–Crippen MR) is 74.9 cm³/mol. The van der Waals surface area contributed by atoms with E-state index in [2.05, 4.69) is 10.3 Å². The summed E-state index contributed by atoms with van der Waals surface area (Å²) in [6.07, 6.45) is 1.47. The molecule has 0 saturated heterocycles. The van der Waals surface area contributed by atoms with Crippen LogP contribution in [0.15, 0.2) is 36.5 Å². The van der Waals surface area contributed by atoms with Gasteiger partial charge in [-0.3, -0.25) is 9.78 Å². The van der Waals surface area contributed by atoms with E-state index in [1.54, 1.807) is 18.2 Å². The molecule has 0 fully saturated rings. The number of nitrogens with zero attached hydrogens (tertiary/aromatic N) is 1. The molecule has 5 nitrogen and oxygen atoms in total. The van der Waals surface area contributed by atoms with Crippen LogP contribution in [-0.4, -0.2) is 25.1 Å². The van der Waals surface area contributed by atoms with Crippen LogP contribution in [0.25, 0.3) is 0 Å². The third-order valence-corrected chi connectivity index (χ3v) is 2.91. The summed E-state index contributed by atoms with van der Waals surface area (Å²) < 4.78 is 23.8. The molecule has 6 heteroatoms. The van der Waals surface area contributed by atoms with E-state index < -0.39 is 11.7 Å². The van der Waals surface area contributed by atoms with Crippen molar-refractivity contribution in [3.8, 4) is 11.5 Å². The average Bonchev–Trinajstić information content (AvgIpc) is 2.52. The Balaban J connectivity index is 2.19. The van der Waals surface area contributed by atoms with Gasteiger partial charge in [-0.25, -0.2) is 4.39 Å². The van der Waals surface area contributed by atoms with Gasteiger partial charge in [0.1, 0.15) is 22.9 Å². The molecule has 0 radical (unpaired) electrons. The number of hydrogen-bond donors (Lipinski definition) is 1. The number of halogens is 1. The van der Waals surface area contributed by atoms with Crippen molar-refractivity contribution in [2.45, 2.75) is 6.54 Å². The molecule has 2 aromatic rings. The van der Waals surface area contributed by atoms with Crippen LogP contribution in [0, 0.1) is 5.82 Å². The second kappa shape index (κ2) is 6.69. The molecule has 1 aromatic heterocycles. The fraction of sp³-hybridized carbons (Fsp3) is 0.200. The minimum atomic E-state index is -0.468. The third-order valence-electron chi connectivity index (χ3n) is 2.91. The molecule has 0 aliphatic rings. The molecule has 110 valence electrons. The molecule has 0 unspecified atom stereocenters. The van der Waals surface area contributed by atoms with Crippen LogP contribution in [0.3, 0.4) is 0 Å². The maximum absolute atomic E-state index is 13.5. The van der Waals surface area contributed by atoms with Crippen LogP contribution >= 0.6 is 0 Å². The molecule has 0 aliphatic heterocycles. The smallest absolute Gasteiger partial charge is 0.259 e. The van der Waals surface area contributed by atoms with E-state index in [0.717, 1.165) is 0 Å². The van der Waals surface area contributed by atoms with Gasteiger partial charge in [0.05, 0.1) is 26.5 Å². The number of benzene rings is 1. The van der Waals surface area contributed by atoms with Crippen LogP contribution in [0.1, 0.15) is 16.1 Å². The zero-order valence-corrected chi connectivity index (χ0v) is 11.7. The van der Waals surface area contributed by atoms with Crippen LogP contribution in [0.5, 0.6) is 11.5 Å². The lowest BCUT2D eigenvalue weighted by Gasteiger charge is -2.12. The monoisotopic (exact) mass is 290 g/mol. The number of carbonyl (C=O) groups is 1. The molecule has 0 spiro atoms. The lowest BCUT2D eigenvalue weighted by atomic mass is 10.1. The number of amides is 1. The van der Waals surface area contributed by atoms with Crippen molar-refractivity contribution in [3.63, 3.8) is 0 Å². The molecule has 1 heterocycles. The van der Waals surface area contributed by atoms with E-state index in [9.17, 15) is 9.18 Å². The first-order chi connectivity index (χ1) is 10.2. The number of hydrogen-bond acceptors (Lipinski definition) is 4. The van der Waals surface area contributed by atoms with E-state index in [4.69, 9.17) is 9.47 Å². The van der Waals surface area contributed by atoms with Crippen molar-refractivity contribution in [1.82, 2.24) is 10.3 Å². The fourth-order valence-electron chi connectivity index (χ4n) is 1.88. The highest BCUT2D eigenvalue weighted by molar-refractivity contribution is 5.99. The number of pyridine rings is 1. The normalized spacial score (nSPS) is 10.0. The summed E-state index contributed by atoms with van der Waals surface area (Å²) in [4.78, 5) is 16.1. The molecular weight excluding hydrogens is 275 g/mol. The Morgan fingerprint density at radius 1 is 1.19 bits per heavy atom. The SMILES string of the molecule is COc1cccc(OC)c1C(=O)NCc1ncccc1F.